The lowest BCUT2D eigenvalue weighted by molar-refractivity contribution is -0.127. The summed E-state index contributed by atoms with van der Waals surface area (Å²) >= 11 is 0. The smallest absolute Gasteiger partial charge is 0.269 e. The molecule has 172 valence electrons. The van der Waals surface area contributed by atoms with Crippen LogP contribution in [-0.2, 0) is 9.59 Å². The first-order valence-corrected chi connectivity index (χ1v) is 10.8. The molecule has 1 aromatic carbocycles. The Kier molecular flexibility index (Phi) is 10.1. The van der Waals surface area contributed by atoms with Crippen molar-refractivity contribution in [3.8, 4) is 11.5 Å². The van der Waals surface area contributed by atoms with Gasteiger partial charge in [0.2, 0.25) is 5.91 Å². The van der Waals surface area contributed by atoms with E-state index >= 15 is 0 Å². The van der Waals surface area contributed by atoms with Gasteiger partial charge in [0, 0.05) is 18.0 Å². The van der Waals surface area contributed by atoms with Gasteiger partial charge in [-0.05, 0) is 50.6 Å². The van der Waals surface area contributed by atoms with Gasteiger partial charge >= 0.3 is 0 Å². The van der Waals surface area contributed by atoms with E-state index in [1.807, 2.05) is 4.90 Å². The van der Waals surface area contributed by atoms with Crippen molar-refractivity contribution >= 4 is 17.7 Å². The molecule has 1 fully saturated rings. The van der Waals surface area contributed by atoms with Crippen molar-refractivity contribution in [1.29, 1.82) is 0 Å². The van der Waals surface area contributed by atoms with E-state index in [-0.39, 0.29) is 24.3 Å². The van der Waals surface area contributed by atoms with Gasteiger partial charge in [0.05, 0.1) is 20.8 Å². The predicted molar refractivity (Wildman–Crippen MR) is 117 cm³/mol. The van der Waals surface area contributed by atoms with Crippen LogP contribution in [0.1, 0.15) is 49.4 Å². The van der Waals surface area contributed by atoms with Crippen LogP contribution in [0, 0.1) is 5.92 Å². The van der Waals surface area contributed by atoms with Crippen molar-refractivity contribution in [3.63, 3.8) is 0 Å². The number of methoxy groups -OCH3 is 2. The number of hydrogen-bond donors (Lipinski definition) is 3. The summed E-state index contributed by atoms with van der Waals surface area (Å²) in [5, 5.41) is 3.01. The fourth-order valence-corrected chi connectivity index (χ4v) is 3.50. The van der Waals surface area contributed by atoms with Crippen LogP contribution in [0.5, 0.6) is 11.5 Å². The minimum absolute atomic E-state index is 0.00527. The van der Waals surface area contributed by atoms with E-state index in [0.29, 0.717) is 30.2 Å². The van der Waals surface area contributed by atoms with E-state index in [1.165, 1.54) is 14.2 Å². The Balaban J connectivity index is 1.70. The lowest BCUT2D eigenvalue weighted by atomic mass is 9.96. The highest BCUT2D eigenvalue weighted by atomic mass is 16.5. The lowest BCUT2D eigenvalue weighted by Gasteiger charge is -2.30. The third-order valence-corrected chi connectivity index (χ3v) is 5.37. The second kappa shape index (κ2) is 12.8. The first kappa shape index (κ1) is 24.5. The monoisotopic (exact) mass is 434 g/mol. The van der Waals surface area contributed by atoms with E-state index in [4.69, 9.17) is 9.47 Å². The molecule has 0 saturated carbocycles. The summed E-state index contributed by atoms with van der Waals surface area (Å²) in [6.45, 7) is 4.37. The largest absolute Gasteiger partial charge is 0.493 e. The lowest BCUT2D eigenvalue weighted by Crippen LogP contribution is -2.48. The number of hydrogen-bond acceptors (Lipinski definition) is 6. The molecule has 0 spiro atoms. The molecular weight excluding hydrogens is 400 g/mol. The molecule has 0 radical (unpaired) electrons. The number of benzene rings is 1. The van der Waals surface area contributed by atoms with Crippen molar-refractivity contribution in [3.05, 3.63) is 23.8 Å². The zero-order valence-corrected chi connectivity index (χ0v) is 18.7. The summed E-state index contributed by atoms with van der Waals surface area (Å²) in [7, 11) is 3.00. The van der Waals surface area contributed by atoms with Gasteiger partial charge < -0.3 is 14.8 Å². The Morgan fingerprint density at radius 2 is 1.74 bits per heavy atom. The van der Waals surface area contributed by atoms with E-state index in [2.05, 4.69) is 23.1 Å². The summed E-state index contributed by atoms with van der Waals surface area (Å²) in [4.78, 5) is 38.7. The van der Waals surface area contributed by atoms with Gasteiger partial charge in [-0.15, -0.1) is 0 Å². The maximum atomic E-state index is 12.3. The Bertz CT molecular complexity index is 747. The minimum atomic E-state index is -0.451. The van der Waals surface area contributed by atoms with Crippen LogP contribution in [-0.4, -0.2) is 63.0 Å². The molecule has 0 aromatic heterocycles. The van der Waals surface area contributed by atoms with Crippen LogP contribution in [0.25, 0.3) is 0 Å². The Hall–Kier alpha value is -2.81. The summed E-state index contributed by atoms with van der Waals surface area (Å²) in [6.07, 6.45) is 4.72. The van der Waals surface area contributed by atoms with Crippen LogP contribution >= 0.6 is 0 Å². The van der Waals surface area contributed by atoms with Gasteiger partial charge in [-0.3, -0.25) is 30.1 Å². The molecule has 0 aliphatic carbocycles. The van der Waals surface area contributed by atoms with Crippen LogP contribution in [0.4, 0.5) is 0 Å². The van der Waals surface area contributed by atoms with Gasteiger partial charge in [0.25, 0.3) is 11.8 Å². The van der Waals surface area contributed by atoms with E-state index < -0.39 is 5.91 Å². The maximum Gasteiger partial charge on any atom is 0.269 e. The minimum Gasteiger partial charge on any atom is -0.493 e. The average molecular weight is 435 g/mol. The zero-order valence-electron chi connectivity index (χ0n) is 18.7. The number of nitrogens with one attached hydrogen (secondary N) is 3. The first-order valence-electron chi connectivity index (χ1n) is 10.8. The normalized spacial score (nSPS) is 14.5. The van der Waals surface area contributed by atoms with Crippen molar-refractivity contribution in [2.75, 3.05) is 40.4 Å². The molecule has 1 saturated heterocycles. The van der Waals surface area contributed by atoms with E-state index in [9.17, 15) is 14.4 Å². The molecule has 3 amide bonds. The van der Waals surface area contributed by atoms with Gasteiger partial charge in [0.1, 0.15) is 0 Å². The number of likely N-dealkylation sites (tertiary alicyclic amines) is 1. The average Bonchev–Trinajstić information content (AvgIpc) is 2.80. The highest BCUT2D eigenvalue weighted by molar-refractivity contribution is 5.96. The summed E-state index contributed by atoms with van der Waals surface area (Å²) in [6, 6.07) is 4.75. The number of carbonyl (C=O) groups excluding carboxylic acids is 3. The number of carbonyl (C=O) groups is 3. The number of rotatable bonds is 10. The van der Waals surface area contributed by atoms with Crippen LogP contribution in [0.15, 0.2) is 18.2 Å². The fraction of sp³-hybridized carbons (Fsp3) is 0.591. The molecule has 2 rings (SSSR count). The Morgan fingerprint density at radius 1 is 1.03 bits per heavy atom. The molecule has 1 aliphatic heterocycles. The second-order valence-electron chi connectivity index (χ2n) is 7.62. The molecule has 1 aromatic rings. The van der Waals surface area contributed by atoms with Crippen molar-refractivity contribution < 1.29 is 23.9 Å². The Labute approximate surface area is 183 Å². The third kappa shape index (κ3) is 7.75. The van der Waals surface area contributed by atoms with Crippen molar-refractivity contribution in [1.82, 2.24) is 21.1 Å². The highest BCUT2D eigenvalue weighted by Gasteiger charge is 2.25. The number of amides is 3. The molecule has 9 nitrogen and oxygen atoms in total. The predicted octanol–water partition coefficient (Wildman–Crippen LogP) is 1.48. The van der Waals surface area contributed by atoms with Crippen molar-refractivity contribution in [2.24, 2.45) is 5.92 Å². The molecule has 0 bridgehead atoms. The zero-order chi connectivity index (χ0) is 22.6. The van der Waals surface area contributed by atoms with Gasteiger partial charge in [-0.25, -0.2) is 0 Å². The maximum absolute atomic E-state index is 12.3. The second-order valence-corrected chi connectivity index (χ2v) is 7.62. The Morgan fingerprint density at radius 3 is 2.39 bits per heavy atom. The molecule has 0 unspecified atom stereocenters. The number of hydrazine groups is 1. The molecule has 9 heteroatoms. The molecule has 0 atom stereocenters. The molecular formula is C22H34N4O5. The van der Waals surface area contributed by atoms with Crippen LogP contribution < -0.4 is 25.6 Å². The molecule has 3 N–H and O–H groups in total. The molecule has 1 heterocycles. The molecule has 1 aliphatic rings. The van der Waals surface area contributed by atoms with Gasteiger partial charge in [-0.1, -0.05) is 19.8 Å². The summed E-state index contributed by atoms with van der Waals surface area (Å²) in [5.74, 6) is 0.303. The third-order valence-electron chi connectivity index (χ3n) is 5.37. The van der Waals surface area contributed by atoms with Crippen LogP contribution in [0.2, 0.25) is 0 Å². The topological polar surface area (TPSA) is 109 Å². The SMILES string of the molecule is CCCCCNC(=O)C1CCN(CC(=O)NNC(=O)c2ccc(OC)c(OC)c2)CC1. The number of piperidine rings is 1. The number of nitrogens with zero attached hydrogens (tertiary/aromatic N) is 1. The number of unbranched alkanes of at least 4 members (excludes halogenated alkanes) is 2. The summed E-state index contributed by atoms with van der Waals surface area (Å²) < 4.78 is 10.3. The summed E-state index contributed by atoms with van der Waals surface area (Å²) in [5.41, 5.74) is 5.19. The van der Waals surface area contributed by atoms with Gasteiger partial charge in [0.15, 0.2) is 11.5 Å². The van der Waals surface area contributed by atoms with Gasteiger partial charge in [-0.2, -0.15) is 0 Å². The highest BCUT2D eigenvalue weighted by Crippen LogP contribution is 2.27. The first-order chi connectivity index (χ1) is 15.0. The van der Waals surface area contributed by atoms with E-state index in [1.54, 1.807) is 18.2 Å². The molecule has 31 heavy (non-hydrogen) atoms. The van der Waals surface area contributed by atoms with Crippen LogP contribution in [0.3, 0.4) is 0 Å². The van der Waals surface area contributed by atoms with Crippen molar-refractivity contribution in [2.45, 2.75) is 39.0 Å². The van der Waals surface area contributed by atoms with E-state index in [0.717, 1.165) is 38.6 Å². The number of ether oxygens (including phenoxy) is 2. The quantitative estimate of drug-likeness (QED) is 0.380. The fourth-order valence-electron chi connectivity index (χ4n) is 3.50. The standard InChI is InChI=1S/C22H34N4O5/c1-4-5-6-11-23-21(28)16-9-12-26(13-10-16)15-20(27)24-25-22(29)17-7-8-18(30-2)19(14-17)31-3/h7-8,14,16H,4-6,9-13,15H2,1-3H3,(H,23,28)(H,24,27)(H,25,29).